The Morgan fingerprint density at radius 1 is 1.04 bits per heavy atom. The normalized spacial score (nSPS) is 11.9. The van der Waals surface area contributed by atoms with Gasteiger partial charge in [0.15, 0.2) is 16.6 Å². The van der Waals surface area contributed by atoms with Gasteiger partial charge in [-0.15, -0.1) is 0 Å². The van der Waals surface area contributed by atoms with Crippen molar-refractivity contribution in [1.29, 1.82) is 0 Å². The van der Waals surface area contributed by atoms with Gasteiger partial charge in [0, 0.05) is 36.2 Å². The van der Waals surface area contributed by atoms with Crippen LogP contribution in [0.25, 0.3) is 0 Å². The molecule has 0 unspecified atom stereocenters. The molecule has 1 aromatic heterocycles. The van der Waals surface area contributed by atoms with Crippen LogP contribution in [-0.2, 0) is 13.1 Å². The van der Waals surface area contributed by atoms with E-state index in [2.05, 4.69) is 15.2 Å². The van der Waals surface area contributed by atoms with E-state index in [0.29, 0.717) is 23.2 Å². The first-order valence-electron chi connectivity index (χ1n) is 8.76. The maximum Gasteiger partial charge on any atom is 0.231 e. The quantitative estimate of drug-likeness (QED) is 0.605. The molecule has 7 heteroatoms. The maximum absolute atomic E-state index is 5.97. The highest BCUT2D eigenvalue weighted by Crippen LogP contribution is 2.33. The van der Waals surface area contributed by atoms with Gasteiger partial charge in [-0.1, -0.05) is 23.7 Å². The molecule has 0 atom stereocenters. The predicted molar refractivity (Wildman–Crippen MR) is 114 cm³/mol. The van der Waals surface area contributed by atoms with Crippen LogP contribution >= 0.6 is 23.8 Å². The lowest BCUT2D eigenvalue weighted by Crippen LogP contribution is -2.33. The fraction of sp³-hybridized carbons (Fsp3) is 0.143. The van der Waals surface area contributed by atoms with Crippen LogP contribution in [0.5, 0.6) is 11.5 Å². The zero-order valence-electron chi connectivity index (χ0n) is 15.0. The molecule has 0 saturated carbocycles. The summed E-state index contributed by atoms with van der Waals surface area (Å²) in [5.41, 5.74) is 3.04. The number of rotatable bonds is 5. The summed E-state index contributed by atoms with van der Waals surface area (Å²) < 4.78 is 10.9. The van der Waals surface area contributed by atoms with Crippen LogP contribution < -0.4 is 14.8 Å². The average molecular weight is 412 g/mol. The van der Waals surface area contributed by atoms with E-state index in [1.165, 1.54) is 0 Å². The summed E-state index contributed by atoms with van der Waals surface area (Å²) in [6.45, 7) is 1.50. The Kier molecular flexibility index (Phi) is 5.60. The van der Waals surface area contributed by atoms with Crippen LogP contribution in [0.1, 0.15) is 11.1 Å². The molecule has 0 radical (unpaired) electrons. The molecule has 28 heavy (non-hydrogen) atoms. The van der Waals surface area contributed by atoms with E-state index in [4.69, 9.17) is 33.3 Å². The van der Waals surface area contributed by atoms with Crippen LogP contribution in [0.4, 0.5) is 5.69 Å². The van der Waals surface area contributed by atoms with Crippen LogP contribution in [-0.4, -0.2) is 21.8 Å². The Morgan fingerprint density at radius 2 is 1.82 bits per heavy atom. The molecule has 2 aromatic carbocycles. The Morgan fingerprint density at radius 3 is 2.61 bits per heavy atom. The third-order valence-electron chi connectivity index (χ3n) is 4.29. The first kappa shape index (κ1) is 18.5. The summed E-state index contributed by atoms with van der Waals surface area (Å²) in [6, 6.07) is 17.3. The minimum atomic E-state index is 0.259. The molecule has 1 aliphatic heterocycles. The van der Waals surface area contributed by atoms with Gasteiger partial charge in [-0.25, -0.2) is 0 Å². The Hall–Kier alpha value is -2.83. The SMILES string of the molecule is S=C(Nc1ccc(Cl)cc1)N(Cc1cccnc1)Cc1ccc2c(c1)OCO2. The fourth-order valence-corrected chi connectivity index (χ4v) is 3.28. The molecule has 0 amide bonds. The standard InChI is InChI=1S/C21H18ClN3O2S/c22-17-4-6-18(7-5-17)24-21(28)25(13-16-2-1-9-23-11-16)12-15-3-8-19-20(10-15)27-14-26-19/h1-11H,12-14H2,(H,24,28). The van der Waals surface area contributed by atoms with Crippen LogP contribution in [0.2, 0.25) is 5.02 Å². The smallest absolute Gasteiger partial charge is 0.231 e. The molecule has 4 rings (SSSR count). The summed E-state index contributed by atoms with van der Waals surface area (Å²) in [5.74, 6) is 1.53. The van der Waals surface area contributed by atoms with Crippen LogP contribution in [0.15, 0.2) is 67.0 Å². The average Bonchev–Trinajstić information content (AvgIpc) is 3.18. The summed E-state index contributed by atoms with van der Waals surface area (Å²) >= 11 is 11.7. The van der Waals surface area contributed by atoms with Crippen LogP contribution in [0.3, 0.4) is 0 Å². The number of nitrogens with zero attached hydrogens (tertiary/aromatic N) is 2. The van der Waals surface area contributed by atoms with Gasteiger partial charge >= 0.3 is 0 Å². The number of pyridine rings is 1. The number of benzene rings is 2. The van der Waals surface area contributed by atoms with Crippen LogP contribution in [0, 0.1) is 0 Å². The zero-order chi connectivity index (χ0) is 19.3. The van der Waals surface area contributed by atoms with Crippen molar-refractivity contribution in [2.75, 3.05) is 12.1 Å². The fourth-order valence-electron chi connectivity index (χ4n) is 2.91. The highest BCUT2D eigenvalue weighted by atomic mass is 35.5. The number of hydrogen-bond donors (Lipinski definition) is 1. The number of hydrogen-bond acceptors (Lipinski definition) is 4. The first-order chi connectivity index (χ1) is 13.7. The van der Waals surface area contributed by atoms with Gasteiger partial charge in [-0.05, 0) is 65.8 Å². The number of fused-ring (bicyclic) bond motifs is 1. The van der Waals surface area contributed by atoms with E-state index >= 15 is 0 Å². The van der Waals surface area contributed by atoms with E-state index in [1.54, 1.807) is 6.20 Å². The molecule has 0 saturated heterocycles. The Balaban J connectivity index is 1.54. The maximum atomic E-state index is 5.97. The number of ether oxygens (including phenoxy) is 2. The molecule has 0 bridgehead atoms. The van der Waals surface area contributed by atoms with E-state index in [9.17, 15) is 0 Å². The molecular formula is C21H18ClN3O2S. The first-order valence-corrected chi connectivity index (χ1v) is 9.55. The van der Waals surface area contributed by atoms with Crippen molar-refractivity contribution in [2.24, 2.45) is 0 Å². The summed E-state index contributed by atoms with van der Waals surface area (Å²) in [5, 5.41) is 4.58. The van der Waals surface area contributed by atoms with Gasteiger partial charge in [0.1, 0.15) is 0 Å². The van der Waals surface area contributed by atoms with Gasteiger partial charge in [-0.3, -0.25) is 4.98 Å². The molecule has 5 nitrogen and oxygen atoms in total. The van der Waals surface area contributed by atoms with E-state index in [0.717, 1.165) is 28.3 Å². The molecule has 1 N–H and O–H groups in total. The largest absolute Gasteiger partial charge is 0.454 e. The predicted octanol–water partition coefficient (Wildman–Crippen LogP) is 4.86. The molecule has 1 aliphatic rings. The van der Waals surface area contributed by atoms with Gasteiger partial charge < -0.3 is 19.7 Å². The van der Waals surface area contributed by atoms with Crippen molar-refractivity contribution < 1.29 is 9.47 Å². The van der Waals surface area contributed by atoms with Gasteiger partial charge in [0.05, 0.1) is 0 Å². The molecular weight excluding hydrogens is 394 g/mol. The molecule has 0 fully saturated rings. The van der Waals surface area contributed by atoms with Gasteiger partial charge in [-0.2, -0.15) is 0 Å². The summed E-state index contributed by atoms with van der Waals surface area (Å²) in [6.07, 6.45) is 3.60. The minimum Gasteiger partial charge on any atom is -0.454 e. The number of nitrogens with one attached hydrogen (secondary N) is 1. The Bertz CT molecular complexity index is 967. The topological polar surface area (TPSA) is 46.6 Å². The van der Waals surface area contributed by atoms with Crippen molar-refractivity contribution in [3.8, 4) is 11.5 Å². The van der Waals surface area contributed by atoms with Crippen molar-refractivity contribution in [1.82, 2.24) is 9.88 Å². The van der Waals surface area contributed by atoms with Gasteiger partial charge in [0.2, 0.25) is 6.79 Å². The lowest BCUT2D eigenvalue weighted by Gasteiger charge is -2.26. The second-order valence-corrected chi connectivity index (χ2v) is 7.17. The van der Waals surface area contributed by atoms with E-state index in [-0.39, 0.29) is 6.79 Å². The molecule has 0 aliphatic carbocycles. The third kappa shape index (κ3) is 4.52. The van der Waals surface area contributed by atoms with E-state index in [1.807, 2.05) is 60.8 Å². The number of anilines is 1. The summed E-state index contributed by atoms with van der Waals surface area (Å²) in [4.78, 5) is 6.29. The molecule has 2 heterocycles. The second-order valence-electron chi connectivity index (χ2n) is 6.34. The van der Waals surface area contributed by atoms with Crippen molar-refractivity contribution >= 4 is 34.6 Å². The monoisotopic (exact) mass is 411 g/mol. The van der Waals surface area contributed by atoms with Crippen molar-refractivity contribution in [3.63, 3.8) is 0 Å². The Labute approximate surface area is 173 Å². The molecule has 142 valence electrons. The lowest BCUT2D eigenvalue weighted by atomic mass is 10.1. The number of thiocarbonyl (C=S) groups is 1. The molecule has 3 aromatic rings. The number of aromatic nitrogens is 1. The zero-order valence-corrected chi connectivity index (χ0v) is 16.5. The van der Waals surface area contributed by atoms with Crippen molar-refractivity contribution in [3.05, 3.63) is 83.1 Å². The van der Waals surface area contributed by atoms with E-state index < -0.39 is 0 Å². The highest BCUT2D eigenvalue weighted by molar-refractivity contribution is 7.80. The van der Waals surface area contributed by atoms with Crippen molar-refractivity contribution in [2.45, 2.75) is 13.1 Å². The number of halogens is 1. The summed E-state index contributed by atoms with van der Waals surface area (Å²) in [7, 11) is 0. The third-order valence-corrected chi connectivity index (χ3v) is 4.90. The molecule has 0 spiro atoms. The minimum absolute atomic E-state index is 0.259. The lowest BCUT2D eigenvalue weighted by molar-refractivity contribution is 0.174. The van der Waals surface area contributed by atoms with Gasteiger partial charge in [0.25, 0.3) is 0 Å². The highest BCUT2D eigenvalue weighted by Gasteiger charge is 2.16. The second kappa shape index (κ2) is 8.46.